The summed E-state index contributed by atoms with van der Waals surface area (Å²) < 4.78 is 21.1. The van der Waals surface area contributed by atoms with Crippen LogP contribution in [0.15, 0.2) is 24.3 Å². The summed E-state index contributed by atoms with van der Waals surface area (Å²) in [5.74, 6) is 0.769. The number of nitrogens with zero attached hydrogens (tertiary/aromatic N) is 2. The molecule has 1 aromatic heterocycles. The maximum absolute atomic E-state index is 13.1. The maximum Gasteiger partial charge on any atom is 0.237 e. The van der Waals surface area contributed by atoms with Crippen molar-refractivity contribution >= 4 is 18.1 Å². The Labute approximate surface area is 157 Å². The Balaban J connectivity index is 1.83. The number of carbonyl (C=O) groups is 1. The third-order valence-corrected chi connectivity index (χ3v) is 4.72. The highest BCUT2D eigenvalue weighted by Crippen LogP contribution is 2.16. The smallest absolute Gasteiger partial charge is 0.237 e. The number of amides is 1. The third kappa shape index (κ3) is 4.19. The van der Waals surface area contributed by atoms with Crippen molar-refractivity contribution in [2.24, 2.45) is 5.73 Å². The average molecular weight is 372 g/mol. The summed E-state index contributed by atoms with van der Waals surface area (Å²) in [7, 11) is 0. The molecule has 0 spiro atoms. The Morgan fingerprint density at radius 2 is 2.11 bits per heavy atom. The van der Waals surface area contributed by atoms with Crippen molar-refractivity contribution in [1.82, 2.24) is 14.9 Å². The summed E-state index contributed by atoms with van der Waals surface area (Å²) in [4.78, 5) is 16.2. The van der Waals surface area contributed by atoms with Gasteiger partial charge in [-0.1, -0.05) is 6.08 Å². The molecule has 1 unspecified atom stereocenters. The summed E-state index contributed by atoms with van der Waals surface area (Å²) in [6.07, 6.45) is 4.62. The molecule has 0 saturated carbocycles. The minimum Gasteiger partial charge on any atom is -0.486 e. The molecule has 1 atom stereocenters. The van der Waals surface area contributed by atoms with E-state index in [-0.39, 0.29) is 11.9 Å². The van der Waals surface area contributed by atoms with E-state index in [0.717, 1.165) is 23.1 Å². The Hall–Kier alpha value is -2.67. The lowest BCUT2D eigenvalue weighted by atomic mass is 10.1. The summed E-state index contributed by atoms with van der Waals surface area (Å²) in [6, 6.07) is 6.01. The van der Waals surface area contributed by atoms with Crippen LogP contribution in [0.4, 0.5) is 4.39 Å². The van der Waals surface area contributed by atoms with Crippen molar-refractivity contribution < 1.29 is 13.9 Å². The zero-order valence-corrected chi connectivity index (χ0v) is 15.8. The van der Waals surface area contributed by atoms with Crippen LogP contribution in [-0.4, -0.2) is 27.1 Å². The van der Waals surface area contributed by atoms with E-state index < -0.39 is 11.4 Å². The van der Waals surface area contributed by atoms with E-state index in [4.69, 9.17) is 15.5 Å². The van der Waals surface area contributed by atoms with Gasteiger partial charge in [-0.3, -0.25) is 10.1 Å². The molecule has 1 aliphatic rings. The van der Waals surface area contributed by atoms with Crippen molar-refractivity contribution in [3.05, 3.63) is 46.6 Å². The van der Waals surface area contributed by atoms with Gasteiger partial charge in [0.1, 0.15) is 23.5 Å². The molecule has 1 aromatic carbocycles. The number of ether oxygens (including phenoxy) is 1. The second-order valence-electron chi connectivity index (χ2n) is 7.10. The lowest BCUT2D eigenvalue weighted by Crippen LogP contribution is -2.50. The molecule has 3 rings (SSSR count). The molecule has 0 aliphatic heterocycles. The monoisotopic (exact) mass is 372 g/mol. The first-order chi connectivity index (χ1) is 12.8. The van der Waals surface area contributed by atoms with E-state index in [1.165, 1.54) is 12.1 Å². The highest BCUT2D eigenvalue weighted by Gasteiger charge is 2.25. The van der Waals surface area contributed by atoms with Gasteiger partial charge in [0.25, 0.3) is 0 Å². The first kappa shape index (κ1) is 19.1. The van der Waals surface area contributed by atoms with Gasteiger partial charge in [0, 0.05) is 13.0 Å². The summed E-state index contributed by atoms with van der Waals surface area (Å²) >= 11 is 0. The van der Waals surface area contributed by atoms with Gasteiger partial charge in [-0.05, 0) is 51.1 Å². The van der Waals surface area contributed by atoms with Gasteiger partial charge < -0.3 is 15.0 Å². The van der Waals surface area contributed by atoms with Gasteiger partial charge in [-0.15, -0.1) is 0 Å². The number of aromatic nitrogens is 2. The third-order valence-electron chi connectivity index (χ3n) is 4.72. The molecule has 7 heteroatoms. The van der Waals surface area contributed by atoms with Gasteiger partial charge in [-0.25, -0.2) is 9.37 Å². The second kappa shape index (κ2) is 7.52. The molecule has 3 N–H and O–H groups in total. The van der Waals surface area contributed by atoms with Gasteiger partial charge in [-0.2, -0.15) is 0 Å². The highest BCUT2D eigenvalue weighted by molar-refractivity contribution is 5.83. The lowest BCUT2D eigenvalue weighted by Gasteiger charge is -2.22. The molecule has 0 saturated heterocycles. The molecule has 0 bridgehead atoms. The number of nitrogens with one attached hydrogen (secondary N) is 1. The average Bonchev–Trinajstić information content (AvgIpc) is 2.98. The second-order valence-corrected chi connectivity index (χ2v) is 7.10. The van der Waals surface area contributed by atoms with E-state index in [0.29, 0.717) is 18.7 Å². The molecule has 0 fully saturated rings. The first-order valence-corrected chi connectivity index (χ1v) is 9.05. The Morgan fingerprint density at radius 1 is 1.41 bits per heavy atom. The van der Waals surface area contributed by atoms with E-state index in [2.05, 4.69) is 9.88 Å². The largest absolute Gasteiger partial charge is 0.486 e. The molecule has 0 radical (unpaired) electrons. The Kier molecular flexibility index (Phi) is 5.32. The number of halogens is 1. The summed E-state index contributed by atoms with van der Waals surface area (Å²) in [5.41, 5.74) is 4.61. The molecule has 27 heavy (non-hydrogen) atoms. The predicted molar refractivity (Wildman–Crippen MR) is 102 cm³/mol. The summed E-state index contributed by atoms with van der Waals surface area (Å²) in [5, 5.41) is 5.06. The topological polar surface area (TPSA) is 82.2 Å². The van der Waals surface area contributed by atoms with E-state index in [1.54, 1.807) is 26.0 Å². The lowest BCUT2D eigenvalue weighted by molar-refractivity contribution is -0.123. The fourth-order valence-electron chi connectivity index (χ4n) is 2.98. The van der Waals surface area contributed by atoms with Crippen LogP contribution in [0.2, 0.25) is 0 Å². The van der Waals surface area contributed by atoms with E-state index in [1.807, 2.05) is 19.1 Å². The predicted octanol–water partition coefficient (Wildman–Crippen LogP) is 0.808. The number of hydrogen-bond donors (Lipinski definition) is 2. The summed E-state index contributed by atoms with van der Waals surface area (Å²) in [6.45, 7) is 6.72. The fourth-order valence-corrected chi connectivity index (χ4v) is 2.98. The van der Waals surface area contributed by atoms with Crippen LogP contribution in [0, 0.1) is 5.82 Å². The molecular weight excluding hydrogens is 347 g/mol. The molecule has 1 amide bonds. The van der Waals surface area contributed by atoms with Gasteiger partial charge in [0.2, 0.25) is 5.91 Å². The number of carbonyl (C=O) groups excluding carboxylic acids is 1. The fraction of sp³-hybridized carbons (Fsp3) is 0.400. The molecule has 1 heterocycles. The number of hydrogen-bond acceptors (Lipinski definition) is 4. The molecule has 144 valence electrons. The van der Waals surface area contributed by atoms with Crippen LogP contribution in [-0.2, 0) is 17.9 Å². The molecule has 1 aliphatic carbocycles. The van der Waals surface area contributed by atoms with Crippen molar-refractivity contribution in [2.45, 2.75) is 51.9 Å². The van der Waals surface area contributed by atoms with Crippen LogP contribution in [0.5, 0.6) is 5.75 Å². The minimum atomic E-state index is -0.813. The van der Waals surface area contributed by atoms with Crippen molar-refractivity contribution in [3.63, 3.8) is 0 Å². The zero-order chi connectivity index (χ0) is 19.6. The molecular formula is C20H25FN4O2. The van der Waals surface area contributed by atoms with Gasteiger partial charge in [0.15, 0.2) is 0 Å². The quantitative estimate of drug-likeness (QED) is 0.754. The minimum absolute atomic E-state index is 0.146. The van der Waals surface area contributed by atoms with Gasteiger partial charge in [0.05, 0.1) is 22.8 Å². The Bertz CT molecular complexity index is 948. The van der Waals surface area contributed by atoms with Crippen LogP contribution >= 0.6 is 0 Å². The van der Waals surface area contributed by atoms with Crippen molar-refractivity contribution in [3.8, 4) is 5.75 Å². The first-order valence-electron chi connectivity index (χ1n) is 9.05. The number of primary amides is 1. The van der Waals surface area contributed by atoms with Crippen LogP contribution < -0.4 is 26.5 Å². The normalized spacial score (nSPS) is 16.2. The number of benzene rings is 1. The maximum atomic E-state index is 13.1. The highest BCUT2D eigenvalue weighted by atomic mass is 19.1. The SMILES string of the molecule is CCn1c(CNC(C)(C)C(N)=O)nc2c1=CC(Oc1ccc(F)cc1)CC=2. The molecule has 6 nitrogen and oxygen atoms in total. The van der Waals surface area contributed by atoms with E-state index >= 15 is 0 Å². The van der Waals surface area contributed by atoms with Crippen molar-refractivity contribution in [1.29, 1.82) is 0 Å². The Morgan fingerprint density at radius 3 is 2.74 bits per heavy atom. The number of nitrogens with two attached hydrogens (primary N) is 1. The zero-order valence-electron chi connectivity index (χ0n) is 15.8. The van der Waals surface area contributed by atoms with Crippen LogP contribution in [0.1, 0.15) is 33.0 Å². The number of rotatable bonds is 7. The van der Waals surface area contributed by atoms with E-state index in [9.17, 15) is 9.18 Å². The molecule has 2 aromatic rings. The van der Waals surface area contributed by atoms with Crippen molar-refractivity contribution in [2.75, 3.05) is 0 Å². The number of fused-ring (bicyclic) bond motifs is 1. The number of imidazole rings is 1. The van der Waals surface area contributed by atoms with Gasteiger partial charge >= 0.3 is 0 Å². The standard InChI is InChI=1S/C20H25FN4O2/c1-4-25-17-11-15(27-14-7-5-13(21)6-8-14)9-10-16(17)24-18(25)12-23-20(2,3)19(22)26/h5-8,10-11,15,23H,4,9,12H2,1-3H3,(H2,22,26). The van der Waals surface area contributed by atoms with Crippen LogP contribution in [0.3, 0.4) is 0 Å². The van der Waals surface area contributed by atoms with Crippen LogP contribution in [0.25, 0.3) is 12.2 Å².